The van der Waals surface area contributed by atoms with Crippen LogP contribution in [0.1, 0.15) is 20.3 Å². The highest BCUT2D eigenvalue weighted by Crippen LogP contribution is 2.19. The van der Waals surface area contributed by atoms with Crippen LogP contribution in [0, 0.1) is 0 Å². The largest absolute Gasteiger partial charge is 0.303 e. The number of piperazine rings is 1. The average Bonchev–Trinajstić information content (AvgIpc) is 2.01. The lowest BCUT2D eigenvalue weighted by molar-refractivity contribution is 0.0333. The summed E-state index contributed by atoms with van der Waals surface area (Å²) >= 11 is 0. The van der Waals surface area contributed by atoms with E-state index in [1.165, 1.54) is 19.6 Å². The van der Waals surface area contributed by atoms with Crippen LogP contribution in [-0.2, 0) is 0 Å². The fraction of sp³-hybridized carbons (Fsp3) is 0.818. The van der Waals surface area contributed by atoms with Gasteiger partial charge in [-0.25, -0.2) is 0 Å². The molecule has 0 N–H and O–H groups in total. The van der Waals surface area contributed by atoms with E-state index in [0.717, 1.165) is 13.0 Å². The zero-order valence-electron chi connectivity index (χ0n) is 9.21. The topological polar surface area (TPSA) is 6.48 Å². The first-order chi connectivity index (χ1) is 6.06. The standard InChI is InChI=1S/C11H22N2/c1-5-6-7-13-9-8-12(4)10-11(13,2)3/h5H,1,6-10H2,2-4H3. The van der Waals surface area contributed by atoms with Crippen molar-refractivity contribution in [1.29, 1.82) is 0 Å². The van der Waals surface area contributed by atoms with Gasteiger partial charge < -0.3 is 4.90 Å². The third kappa shape index (κ3) is 2.82. The molecule has 1 saturated heterocycles. The molecule has 0 atom stereocenters. The zero-order chi connectivity index (χ0) is 9.90. The number of rotatable bonds is 3. The third-order valence-corrected chi connectivity index (χ3v) is 2.87. The summed E-state index contributed by atoms with van der Waals surface area (Å²) in [6.45, 7) is 13.1. The molecule has 0 aromatic rings. The predicted octanol–water partition coefficient (Wildman–Crippen LogP) is 1.59. The van der Waals surface area contributed by atoms with Crippen molar-refractivity contribution in [3.63, 3.8) is 0 Å². The molecular formula is C11H22N2. The summed E-state index contributed by atoms with van der Waals surface area (Å²) in [5.41, 5.74) is 0.329. The summed E-state index contributed by atoms with van der Waals surface area (Å²) in [5, 5.41) is 0. The van der Waals surface area contributed by atoms with Crippen LogP contribution in [0.25, 0.3) is 0 Å². The first-order valence-corrected chi connectivity index (χ1v) is 5.11. The van der Waals surface area contributed by atoms with Crippen LogP contribution in [0.4, 0.5) is 0 Å². The van der Waals surface area contributed by atoms with Crippen molar-refractivity contribution >= 4 is 0 Å². The van der Waals surface area contributed by atoms with E-state index in [0.29, 0.717) is 5.54 Å². The van der Waals surface area contributed by atoms with Gasteiger partial charge in [-0.1, -0.05) is 6.08 Å². The lowest BCUT2D eigenvalue weighted by atomic mass is 9.99. The molecule has 0 aromatic carbocycles. The van der Waals surface area contributed by atoms with Crippen LogP contribution >= 0.6 is 0 Å². The fourth-order valence-corrected chi connectivity index (χ4v) is 2.10. The minimum Gasteiger partial charge on any atom is -0.303 e. The Morgan fingerprint density at radius 1 is 1.38 bits per heavy atom. The molecule has 1 aliphatic heterocycles. The van der Waals surface area contributed by atoms with Crippen LogP contribution in [0.2, 0.25) is 0 Å². The molecule has 1 fully saturated rings. The Morgan fingerprint density at radius 2 is 2.08 bits per heavy atom. The van der Waals surface area contributed by atoms with Crippen molar-refractivity contribution < 1.29 is 0 Å². The molecule has 0 radical (unpaired) electrons. The monoisotopic (exact) mass is 182 g/mol. The number of likely N-dealkylation sites (N-methyl/N-ethyl adjacent to an activating group) is 1. The average molecular weight is 182 g/mol. The van der Waals surface area contributed by atoms with E-state index in [1.807, 2.05) is 6.08 Å². The van der Waals surface area contributed by atoms with Crippen LogP contribution in [0.3, 0.4) is 0 Å². The van der Waals surface area contributed by atoms with E-state index in [4.69, 9.17) is 0 Å². The number of hydrogen-bond donors (Lipinski definition) is 0. The van der Waals surface area contributed by atoms with Gasteiger partial charge in [0, 0.05) is 31.7 Å². The molecule has 1 heterocycles. The van der Waals surface area contributed by atoms with Crippen LogP contribution in [0.15, 0.2) is 12.7 Å². The zero-order valence-corrected chi connectivity index (χ0v) is 9.21. The minimum absolute atomic E-state index is 0.329. The highest BCUT2D eigenvalue weighted by Gasteiger charge is 2.31. The highest BCUT2D eigenvalue weighted by molar-refractivity contribution is 4.89. The molecule has 0 aliphatic carbocycles. The summed E-state index contributed by atoms with van der Waals surface area (Å²) in [5.74, 6) is 0. The van der Waals surface area contributed by atoms with Crippen molar-refractivity contribution in [2.24, 2.45) is 0 Å². The Labute approximate surface area is 82.2 Å². The van der Waals surface area contributed by atoms with Gasteiger partial charge in [-0.2, -0.15) is 0 Å². The second-order valence-electron chi connectivity index (χ2n) is 4.61. The van der Waals surface area contributed by atoms with Gasteiger partial charge >= 0.3 is 0 Å². The summed E-state index contributed by atoms with van der Waals surface area (Å²) in [6, 6.07) is 0. The first kappa shape index (κ1) is 10.7. The molecular weight excluding hydrogens is 160 g/mol. The Balaban J connectivity index is 2.48. The van der Waals surface area contributed by atoms with Gasteiger partial charge in [-0.3, -0.25) is 4.90 Å². The van der Waals surface area contributed by atoms with Crippen LogP contribution in [-0.4, -0.2) is 48.6 Å². The molecule has 76 valence electrons. The smallest absolute Gasteiger partial charge is 0.0280 e. The number of hydrogen-bond acceptors (Lipinski definition) is 2. The van der Waals surface area contributed by atoms with Gasteiger partial charge in [0.15, 0.2) is 0 Å². The Bertz CT molecular complexity index is 175. The second-order valence-corrected chi connectivity index (χ2v) is 4.61. The van der Waals surface area contributed by atoms with Gasteiger partial charge in [-0.05, 0) is 27.3 Å². The van der Waals surface area contributed by atoms with E-state index in [1.54, 1.807) is 0 Å². The summed E-state index contributed by atoms with van der Waals surface area (Å²) < 4.78 is 0. The predicted molar refractivity (Wildman–Crippen MR) is 58.0 cm³/mol. The first-order valence-electron chi connectivity index (χ1n) is 5.11. The third-order valence-electron chi connectivity index (χ3n) is 2.87. The van der Waals surface area contributed by atoms with Gasteiger partial charge in [0.25, 0.3) is 0 Å². The molecule has 0 saturated carbocycles. The maximum absolute atomic E-state index is 3.77. The molecule has 2 heteroatoms. The van der Waals surface area contributed by atoms with Gasteiger partial charge in [0.05, 0.1) is 0 Å². The molecule has 1 aliphatic rings. The lowest BCUT2D eigenvalue weighted by Gasteiger charge is -2.46. The minimum atomic E-state index is 0.329. The van der Waals surface area contributed by atoms with E-state index in [-0.39, 0.29) is 0 Å². The Kier molecular flexibility index (Phi) is 3.51. The van der Waals surface area contributed by atoms with E-state index < -0.39 is 0 Å². The van der Waals surface area contributed by atoms with Crippen molar-refractivity contribution in [3.05, 3.63) is 12.7 Å². The van der Waals surface area contributed by atoms with Crippen molar-refractivity contribution in [3.8, 4) is 0 Å². The van der Waals surface area contributed by atoms with Gasteiger partial charge in [0.2, 0.25) is 0 Å². The SMILES string of the molecule is C=CCCN1CCN(C)CC1(C)C. The van der Waals surface area contributed by atoms with E-state index >= 15 is 0 Å². The summed E-state index contributed by atoms with van der Waals surface area (Å²) in [6.07, 6.45) is 3.11. The van der Waals surface area contributed by atoms with Crippen LogP contribution in [0.5, 0.6) is 0 Å². The van der Waals surface area contributed by atoms with Crippen LogP contribution < -0.4 is 0 Å². The highest BCUT2D eigenvalue weighted by atomic mass is 15.3. The molecule has 0 bridgehead atoms. The number of nitrogens with zero attached hydrogens (tertiary/aromatic N) is 2. The normalized spacial score (nSPS) is 24.5. The van der Waals surface area contributed by atoms with Crippen molar-refractivity contribution in [2.75, 3.05) is 33.2 Å². The lowest BCUT2D eigenvalue weighted by Crippen LogP contribution is -2.58. The van der Waals surface area contributed by atoms with E-state index in [9.17, 15) is 0 Å². The molecule has 0 unspecified atom stereocenters. The summed E-state index contributed by atoms with van der Waals surface area (Å²) in [7, 11) is 2.20. The Hall–Kier alpha value is -0.340. The Morgan fingerprint density at radius 3 is 2.62 bits per heavy atom. The maximum Gasteiger partial charge on any atom is 0.0280 e. The fourth-order valence-electron chi connectivity index (χ4n) is 2.10. The summed E-state index contributed by atoms with van der Waals surface area (Å²) in [4.78, 5) is 4.97. The molecule has 0 aromatic heterocycles. The maximum atomic E-state index is 3.77. The molecule has 0 amide bonds. The van der Waals surface area contributed by atoms with E-state index in [2.05, 4.69) is 37.3 Å². The molecule has 1 rings (SSSR count). The molecule has 0 spiro atoms. The molecule has 2 nitrogen and oxygen atoms in total. The second kappa shape index (κ2) is 4.25. The van der Waals surface area contributed by atoms with Crippen molar-refractivity contribution in [1.82, 2.24) is 9.80 Å². The molecule has 13 heavy (non-hydrogen) atoms. The van der Waals surface area contributed by atoms with Gasteiger partial charge in [0.1, 0.15) is 0 Å². The quantitative estimate of drug-likeness (QED) is 0.612. The van der Waals surface area contributed by atoms with Crippen molar-refractivity contribution in [2.45, 2.75) is 25.8 Å². The van der Waals surface area contributed by atoms with Gasteiger partial charge in [-0.15, -0.1) is 6.58 Å².